The molecule has 1 N–H and O–H groups in total. The zero-order valence-corrected chi connectivity index (χ0v) is 15.1. The topological polar surface area (TPSA) is 30.5 Å². The van der Waals surface area contributed by atoms with Gasteiger partial charge in [0.2, 0.25) is 0 Å². The molecule has 3 rings (SSSR count). The molecule has 0 unspecified atom stereocenters. The highest BCUT2D eigenvalue weighted by molar-refractivity contribution is 5.49. The molecule has 1 atom stereocenters. The Bertz CT molecular complexity index is 820. The molecule has 1 heterocycles. The summed E-state index contributed by atoms with van der Waals surface area (Å²) in [5.74, 6) is -0.0310. The molecular weight excluding hydrogens is 362 g/mol. The number of methoxy groups -OCH3 is 2. The Morgan fingerprint density at radius 3 is 2.48 bits per heavy atom. The van der Waals surface area contributed by atoms with Crippen LogP contribution in [0.2, 0.25) is 0 Å². The van der Waals surface area contributed by atoms with Crippen molar-refractivity contribution in [1.29, 1.82) is 0 Å². The minimum absolute atomic E-state index is 0.0306. The van der Waals surface area contributed by atoms with Crippen molar-refractivity contribution in [2.24, 2.45) is 0 Å². The van der Waals surface area contributed by atoms with Gasteiger partial charge in [-0.2, -0.15) is 13.2 Å². The van der Waals surface area contributed by atoms with Gasteiger partial charge < -0.3 is 14.8 Å². The third-order valence-electron chi connectivity index (χ3n) is 4.89. The minimum Gasteiger partial charge on any atom is -0.493 e. The Kier molecular flexibility index (Phi) is 5.60. The Labute approximate surface area is 155 Å². The van der Waals surface area contributed by atoms with Gasteiger partial charge in [0.05, 0.1) is 19.8 Å². The standard InChI is InChI=1S/C20H21F4NO2/c1-26-17-10-13-8-9-25-16(14(13)11-18(17)27-2)7-6-12-4-3-5-15(21)19(12)20(22,23)24/h3-5,10-11,16,25H,6-9H2,1-2H3/t16-/m0/s1. The van der Waals surface area contributed by atoms with Gasteiger partial charge in [-0.15, -0.1) is 0 Å². The van der Waals surface area contributed by atoms with Crippen LogP contribution in [0.5, 0.6) is 11.5 Å². The number of nitrogens with one attached hydrogen (secondary N) is 1. The summed E-state index contributed by atoms with van der Waals surface area (Å²) in [7, 11) is 3.10. The first-order valence-corrected chi connectivity index (χ1v) is 8.68. The number of hydrogen-bond donors (Lipinski definition) is 1. The van der Waals surface area contributed by atoms with Crippen LogP contribution in [-0.4, -0.2) is 20.8 Å². The molecule has 7 heteroatoms. The van der Waals surface area contributed by atoms with Crippen LogP contribution >= 0.6 is 0 Å². The lowest BCUT2D eigenvalue weighted by Gasteiger charge is -2.28. The number of rotatable bonds is 5. The van der Waals surface area contributed by atoms with Crippen LogP contribution in [0.15, 0.2) is 30.3 Å². The molecule has 146 valence electrons. The van der Waals surface area contributed by atoms with Crippen molar-refractivity contribution in [3.05, 3.63) is 58.4 Å². The van der Waals surface area contributed by atoms with E-state index >= 15 is 0 Å². The van der Waals surface area contributed by atoms with Crippen molar-refractivity contribution in [1.82, 2.24) is 5.32 Å². The quantitative estimate of drug-likeness (QED) is 0.761. The molecule has 0 radical (unpaired) electrons. The van der Waals surface area contributed by atoms with E-state index in [-0.39, 0.29) is 18.0 Å². The second-order valence-corrected chi connectivity index (χ2v) is 6.47. The van der Waals surface area contributed by atoms with Gasteiger partial charge in [-0.3, -0.25) is 0 Å². The summed E-state index contributed by atoms with van der Waals surface area (Å²) < 4.78 is 64.1. The molecule has 0 saturated heterocycles. The SMILES string of the molecule is COc1cc2c(cc1OC)[C@H](CCc1cccc(F)c1C(F)(F)F)NCC2. The van der Waals surface area contributed by atoms with Crippen LogP contribution in [0.4, 0.5) is 17.6 Å². The average Bonchev–Trinajstić information content (AvgIpc) is 2.64. The Balaban J connectivity index is 1.87. The van der Waals surface area contributed by atoms with Gasteiger partial charge in [0.1, 0.15) is 5.82 Å². The molecule has 0 aliphatic carbocycles. The number of ether oxygens (including phenoxy) is 2. The molecular formula is C20H21F4NO2. The fourth-order valence-corrected chi connectivity index (χ4v) is 3.62. The molecule has 3 nitrogen and oxygen atoms in total. The fourth-order valence-electron chi connectivity index (χ4n) is 3.62. The first-order valence-electron chi connectivity index (χ1n) is 8.68. The smallest absolute Gasteiger partial charge is 0.419 e. The lowest BCUT2D eigenvalue weighted by molar-refractivity contribution is -0.140. The zero-order chi connectivity index (χ0) is 19.6. The van der Waals surface area contributed by atoms with E-state index in [2.05, 4.69) is 5.32 Å². The molecule has 1 aliphatic heterocycles. The monoisotopic (exact) mass is 383 g/mol. The maximum atomic E-state index is 13.8. The van der Waals surface area contributed by atoms with Crippen LogP contribution < -0.4 is 14.8 Å². The van der Waals surface area contributed by atoms with Gasteiger partial charge >= 0.3 is 6.18 Å². The summed E-state index contributed by atoms with van der Waals surface area (Å²) in [5, 5.41) is 3.34. The largest absolute Gasteiger partial charge is 0.493 e. The van der Waals surface area contributed by atoms with Crippen molar-refractivity contribution >= 4 is 0 Å². The number of aryl methyl sites for hydroxylation is 1. The number of hydrogen-bond acceptors (Lipinski definition) is 3. The first-order chi connectivity index (χ1) is 12.8. The highest BCUT2D eigenvalue weighted by Gasteiger charge is 2.36. The van der Waals surface area contributed by atoms with E-state index in [1.165, 1.54) is 19.2 Å². The third-order valence-corrected chi connectivity index (χ3v) is 4.89. The van der Waals surface area contributed by atoms with Gasteiger partial charge in [-0.25, -0.2) is 4.39 Å². The van der Waals surface area contributed by atoms with Crippen molar-refractivity contribution < 1.29 is 27.0 Å². The van der Waals surface area contributed by atoms with Crippen LogP contribution in [0.25, 0.3) is 0 Å². The first kappa shape index (κ1) is 19.5. The van der Waals surface area contributed by atoms with E-state index in [9.17, 15) is 17.6 Å². The zero-order valence-electron chi connectivity index (χ0n) is 15.1. The van der Waals surface area contributed by atoms with Crippen LogP contribution in [0, 0.1) is 5.82 Å². The summed E-state index contributed by atoms with van der Waals surface area (Å²) in [6.07, 6.45) is -3.40. The Hall–Kier alpha value is -2.28. The van der Waals surface area contributed by atoms with Gasteiger partial charge in [0.25, 0.3) is 0 Å². The fraction of sp³-hybridized carbons (Fsp3) is 0.400. The van der Waals surface area contributed by atoms with E-state index in [1.807, 2.05) is 12.1 Å². The Morgan fingerprint density at radius 1 is 1.11 bits per heavy atom. The molecule has 0 amide bonds. The molecule has 2 aromatic carbocycles. The van der Waals surface area contributed by atoms with Crippen LogP contribution in [-0.2, 0) is 19.0 Å². The number of halogens is 4. The lowest BCUT2D eigenvalue weighted by atomic mass is 9.89. The number of alkyl halides is 3. The lowest BCUT2D eigenvalue weighted by Crippen LogP contribution is -2.30. The van der Waals surface area contributed by atoms with Gasteiger partial charge in [0, 0.05) is 6.04 Å². The van der Waals surface area contributed by atoms with Crippen molar-refractivity contribution in [3.63, 3.8) is 0 Å². The molecule has 0 saturated carbocycles. The summed E-state index contributed by atoms with van der Waals surface area (Å²) in [5.41, 5.74) is 0.848. The van der Waals surface area contributed by atoms with Gasteiger partial charge in [0.15, 0.2) is 11.5 Å². The van der Waals surface area contributed by atoms with E-state index in [0.717, 1.165) is 23.6 Å². The molecule has 2 aromatic rings. The van der Waals surface area contributed by atoms with E-state index in [1.54, 1.807) is 7.11 Å². The van der Waals surface area contributed by atoms with Crippen molar-refractivity contribution in [3.8, 4) is 11.5 Å². The van der Waals surface area contributed by atoms with Gasteiger partial charge in [-0.1, -0.05) is 12.1 Å². The third kappa shape index (κ3) is 4.03. The highest BCUT2D eigenvalue weighted by Crippen LogP contribution is 2.38. The molecule has 0 fully saturated rings. The van der Waals surface area contributed by atoms with Crippen molar-refractivity contribution in [2.75, 3.05) is 20.8 Å². The highest BCUT2D eigenvalue weighted by atomic mass is 19.4. The van der Waals surface area contributed by atoms with Crippen LogP contribution in [0.3, 0.4) is 0 Å². The normalized spacial score (nSPS) is 16.7. The molecule has 0 aromatic heterocycles. The molecule has 0 spiro atoms. The summed E-state index contributed by atoms with van der Waals surface area (Å²) in [4.78, 5) is 0. The van der Waals surface area contributed by atoms with Crippen LogP contribution in [0.1, 0.15) is 34.7 Å². The van der Waals surface area contributed by atoms with Gasteiger partial charge in [-0.05, 0) is 60.7 Å². The van der Waals surface area contributed by atoms with Crippen molar-refractivity contribution in [2.45, 2.75) is 31.5 Å². The predicted molar refractivity (Wildman–Crippen MR) is 93.7 cm³/mol. The van der Waals surface area contributed by atoms with E-state index < -0.39 is 17.6 Å². The minimum atomic E-state index is -4.71. The second-order valence-electron chi connectivity index (χ2n) is 6.47. The second kappa shape index (κ2) is 7.76. The molecule has 1 aliphatic rings. The summed E-state index contributed by atoms with van der Waals surface area (Å²) in [6, 6.07) is 7.13. The van der Waals surface area contributed by atoms with E-state index in [0.29, 0.717) is 24.5 Å². The number of fused-ring (bicyclic) bond motifs is 1. The molecule has 0 bridgehead atoms. The molecule has 27 heavy (non-hydrogen) atoms. The maximum absolute atomic E-state index is 13.8. The average molecular weight is 383 g/mol. The number of benzene rings is 2. The Morgan fingerprint density at radius 2 is 1.81 bits per heavy atom. The summed E-state index contributed by atoms with van der Waals surface area (Å²) in [6.45, 7) is 0.711. The maximum Gasteiger partial charge on any atom is 0.419 e. The van der Waals surface area contributed by atoms with E-state index in [4.69, 9.17) is 9.47 Å². The predicted octanol–water partition coefficient (Wildman–Crippen LogP) is 4.68. The summed E-state index contributed by atoms with van der Waals surface area (Å²) >= 11 is 0.